The van der Waals surface area contributed by atoms with E-state index < -0.39 is 11.2 Å². The van der Waals surface area contributed by atoms with Gasteiger partial charge in [0, 0.05) is 26.8 Å². The van der Waals surface area contributed by atoms with Crippen LogP contribution in [0.4, 0.5) is 0 Å². The van der Waals surface area contributed by atoms with Crippen LogP contribution < -0.4 is 10.4 Å². The fraction of sp³-hybridized carbons (Fsp3) is 0.308. The summed E-state index contributed by atoms with van der Waals surface area (Å²) >= 11 is 0. The van der Waals surface area contributed by atoms with Gasteiger partial charge in [-0.25, -0.2) is 0 Å². The average molecular weight is 464 g/mol. The van der Waals surface area contributed by atoms with E-state index in [1.165, 1.54) is 6.07 Å². The number of rotatable bonds is 8. The third-order valence-electron chi connectivity index (χ3n) is 5.96. The van der Waals surface area contributed by atoms with E-state index in [2.05, 4.69) is 0 Å². The van der Waals surface area contributed by atoms with Crippen molar-refractivity contribution in [2.24, 2.45) is 0 Å². The number of aromatic hydroxyl groups is 1. The first-order valence-electron chi connectivity index (χ1n) is 11.1. The summed E-state index contributed by atoms with van der Waals surface area (Å²) in [6, 6.07) is 21.0. The summed E-state index contributed by atoms with van der Waals surface area (Å²) in [5, 5.41) is 12.8. The Bertz CT molecular complexity index is 1140. The van der Waals surface area contributed by atoms with Crippen molar-refractivity contribution in [1.82, 2.24) is 9.58 Å². The van der Waals surface area contributed by atoms with Gasteiger partial charge in [-0.05, 0) is 11.1 Å². The van der Waals surface area contributed by atoms with Gasteiger partial charge >= 0.3 is 0 Å². The standard InChI is InChI=1S/C26H29N3O5/c1-33-14-13-27-18-28(25(19-9-5-3-6-10-19)20-11-7-4-8-12-20)29-21(17-34-2)15-23(30)26(32)22(29)16-24(27)31/h3-12,15,25,32H,13-14,16-18H2,1-2H3. The Kier molecular flexibility index (Phi) is 7.30. The van der Waals surface area contributed by atoms with Gasteiger partial charge < -0.3 is 19.5 Å². The maximum atomic E-state index is 13.2. The number of hydrogen-bond donors (Lipinski definition) is 1. The van der Waals surface area contributed by atoms with Crippen molar-refractivity contribution in [2.45, 2.75) is 19.1 Å². The minimum atomic E-state index is -0.535. The lowest BCUT2D eigenvalue weighted by Gasteiger charge is -2.39. The van der Waals surface area contributed by atoms with Crippen LogP contribution in [-0.2, 0) is 27.3 Å². The zero-order valence-corrected chi connectivity index (χ0v) is 19.4. The number of nitrogens with zero attached hydrogens (tertiary/aromatic N) is 3. The van der Waals surface area contributed by atoms with E-state index >= 15 is 0 Å². The van der Waals surface area contributed by atoms with Crippen LogP contribution in [0.25, 0.3) is 0 Å². The average Bonchev–Trinajstić information content (AvgIpc) is 2.99. The van der Waals surface area contributed by atoms with E-state index in [4.69, 9.17) is 9.47 Å². The lowest BCUT2D eigenvalue weighted by molar-refractivity contribution is -0.130. The zero-order valence-electron chi connectivity index (χ0n) is 19.4. The van der Waals surface area contributed by atoms with Crippen LogP contribution in [0.5, 0.6) is 5.75 Å². The lowest BCUT2D eigenvalue weighted by atomic mass is 9.98. The molecule has 3 aromatic rings. The Morgan fingerprint density at radius 1 is 0.941 bits per heavy atom. The third kappa shape index (κ3) is 4.69. The molecule has 8 heteroatoms. The van der Waals surface area contributed by atoms with Gasteiger partial charge in [0.25, 0.3) is 0 Å². The largest absolute Gasteiger partial charge is 0.503 e. The number of pyridine rings is 1. The van der Waals surface area contributed by atoms with Crippen LogP contribution in [0.15, 0.2) is 71.5 Å². The number of methoxy groups -OCH3 is 2. The van der Waals surface area contributed by atoms with Gasteiger partial charge in [0.2, 0.25) is 11.3 Å². The number of ether oxygens (including phenoxy) is 2. The molecule has 8 nitrogen and oxygen atoms in total. The zero-order chi connectivity index (χ0) is 24.1. The molecule has 34 heavy (non-hydrogen) atoms. The molecular formula is C26H29N3O5. The predicted molar refractivity (Wildman–Crippen MR) is 128 cm³/mol. The quantitative estimate of drug-likeness (QED) is 0.552. The second-order valence-corrected chi connectivity index (χ2v) is 8.17. The highest BCUT2D eigenvalue weighted by atomic mass is 16.5. The maximum Gasteiger partial charge on any atom is 0.230 e. The van der Waals surface area contributed by atoms with Gasteiger partial charge in [-0.3, -0.25) is 19.3 Å². The summed E-state index contributed by atoms with van der Waals surface area (Å²) in [6.07, 6.45) is -0.116. The van der Waals surface area contributed by atoms with E-state index in [1.807, 2.05) is 65.7 Å². The number of aromatic nitrogens is 1. The van der Waals surface area contributed by atoms with Crippen molar-refractivity contribution in [3.05, 3.63) is 99.5 Å². The van der Waals surface area contributed by atoms with E-state index in [0.717, 1.165) is 11.1 Å². The molecule has 2 heterocycles. The number of carbonyl (C=O) groups excluding carboxylic acids is 1. The fourth-order valence-electron chi connectivity index (χ4n) is 4.40. The molecule has 1 amide bonds. The Hall–Kier alpha value is -3.62. The summed E-state index contributed by atoms with van der Waals surface area (Å²) in [7, 11) is 3.14. The topological polar surface area (TPSA) is 84.2 Å². The monoisotopic (exact) mass is 463 g/mol. The highest BCUT2D eigenvalue weighted by Crippen LogP contribution is 2.32. The molecule has 2 aromatic carbocycles. The lowest BCUT2D eigenvalue weighted by Crippen LogP contribution is -2.48. The Labute approximate surface area is 198 Å². The van der Waals surface area contributed by atoms with Crippen molar-refractivity contribution < 1.29 is 19.4 Å². The molecular weight excluding hydrogens is 434 g/mol. The molecule has 4 rings (SSSR count). The molecule has 0 aliphatic carbocycles. The van der Waals surface area contributed by atoms with Crippen molar-refractivity contribution in [2.75, 3.05) is 39.0 Å². The first-order chi connectivity index (χ1) is 16.5. The van der Waals surface area contributed by atoms with Crippen LogP contribution in [-0.4, -0.2) is 54.6 Å². The van der Waals surface area contributed by atoms with Crippen LogP contribution >= 0.6 is 0 Å². The van der Waals surface area contributed by atoms with E-state index in [0.29, 0.717) is 18.8 Å². The van der Waals surface area contributed by atoms with Gasteiger partial charge in [-0.1, -0.05) is 60.7 Å². The number of fused-ring (bicyclic) bond motifs is 1. The molecule has 1 N–H and O–H groups in total. The summed E-state index contributed by atoms with van der Waals surface area (Å²) in [6.45, 7) is 1.11. The van der Waals surface area contributed by atoms with Crippen LogP contribution in [0.3, 0.4) is 0 Å². The Morgan fingerprint density at radius 3 is 2.12 bits per heavy atom. The minimum absolute atomic E-state index is 0.116. The van der Waals surface area contributed by atoms with Crippen molar-refractivity contribution in [1.29, 1.82) is 0 Å². The smallest absolute Gasteiger partial charge is 0.230 e. The van der Waals surface area contributed by atoms with Gasteiger partial charge in [-0.15, -0.1) is 0 Å². The normalized spacial score (nSPS) is 13.8. The van der Waals surface area contributed by atoms with Gasteiger partial charge in [-0.2, -0.15) is 0 Å². The third-order valence-corrected chi connectivity index (χ3v) is 5.96. The van der Waals surface area contributed by atoms with Gasteiger partial charge in [0.15, 0.2) is 5.75 Å². The van der Waals surface area contributed by atoms with Gasteiger partial charge in [0.05, 0.1) is 37.1 Å². The molecule has 0 unspecified atom stereocenters. The number of hydrogen-bond acceptors (Lipinski definition) is 6. The van der Waals surface area contributed by atoms with Crippen molar-refractivity contribution in [3.8, 4) is 5.75 Å². The summed E-state index contributed by atoms with van der Waals surface area (Å²) < 4.78 is 12.4. The second kappa shape index (κ2) is 10.5. The fourth-order valence-corrected chi connectivity index (χ4v) is 4.40. The highest BCUT2D eigenvalue weighted by Gasteiger charge is 2.34. The summed E-state index contributed by atoms with van der Waals surface area (Å²) in [4.78, 5) is 27.5. The van der Waals surface area contributed by atoms with E-state index in [9.17, 15) is 14.7 Å². The molecule has 0 fully saturated rings. The van der Waals surface area contributed by atoms with E-state index in [-0.39, 0.29) is 37.3 Å². The molecule has 0 atom stereocenters. The summed E-state index contributed by atoms with van der Waals surface area (Å²) in [5.41, 5.74) is 2.27. The molecule has 0 saturated carbocycles. The van der Waals surface area contributed by atoms with Gasteiger partial charge in [0.1, 0.15) is 6.67 Å². The second-order valence-electron chi connectivity index (χ2n) is 8.17. The molecule has 178 valence electrons. The minimum Gasteiger partial charge on any atom is -0.503 e. The van der Waals surface area contributed by atoms with Crippen LogP contribution in [0, 0.1) is 0 Å². The van der Waals surface area contributed by atoms with Crippen molar-refractivity contribution >= 4 is 5.91 Å². The maximum absolute atomic E-state index is 13.2. The first-order valence-corrected chi connectivity index (χ1v) is 11.1. The van der Waals surface area contributed by atoms with E-state index in [1.54, 1.807) is 23.8 Å². The van der Waals surface area contributed by atoms with Crippen LogP contribution in [0.2, 0.25) is 0 Å². The molecule has 0 bridgehead atoms. The molecule has 1 aromatic heterocycles. The first kappa shape index (κ1) is 23.5. The molecule has 1 aliphatic rings. The molecule has 0 spiro atoms. The van der Waals surface area contributed by atoms with Crippen molar-refractivity contribution in [3.63, 3.8) is 0 Å². The molecule has 0 saturated heterocycles. The molecule has 0 radical (unpaired) electrons. The number of benzene rings is 2. The Balaban J connectivity index is 1.98. The SMILES string of the molecule is COCCN1CN(C(c2ccccc2)c2ccccc2)n2c(COC)cc(=O)c(O)c2CC1=O. The molecule has 1 aliphatic heterocycles. The number of amides is 1. The number of carbonyl (C=O) groups is 1. The summed E-state index contributed by atoms with van der Waals surface area (Å²) in [5.74, 6) is -0.621. The predicted octanol–water partition coefficient (Wildman–Crippen LogP) is 2.42. The van der Waals surface area contributed by atoms with Crippen LogP contribution in [0.1, 0.15) is 28.6 Å². The highest BCUT2D eigenvalue weighted by molar-refractivity contribution is 5.80. The Morgan fingerprint density at radius 2 is 1.56 bits per heavy atom.